The average Bonchev–Trinajstić information content (AvgIpc) is 2.87. The molecule has 3 heterocycles. The third-order valence-electron chi connectivity index (χ3n) is 4.76. The van der Waals surface area contributed by atoms with E-state index >= 15 is 0 Å². The van der Waals surface area contributed by atoms with Crippen LogP contribution in [0.5, 0.6) is 0 Å². The number of hydrogen-bond donors (Lipinski definition) is 1. The SMILES string of the molecule is CCc1nc(C2CC3CCC(C2)N3C)sc1CN. The molecule has 2 saturated heterocycles. The highest BCUT2D eigenvalue weighted by atomic mass is 32.1. The van der Waals surface area contributed by atoms with E-state index in [0.717, 1.165) is 18.5 Å². The maximum absolute atomic E-state index is 5.82. The lowest BCUT2D eigenvalue weighted by atomic mass is 9.92. The molecule has 100 valence electrons. The lowest BCUT2D eigenvalue weighted by Crippen LogP contribution is -2.39. The maximum Gasteiger partial charge on any atom is 0.0963 e. The zero-order chi connectivity index (χ0) is 12.7. The summed E-state index contributed by atoms with van der Waals surface area (Å²) in [6.45, 7) is 2.83. The van der Waals surface area contributed by atoms with E-state index in [-0.39, 0.29) is 0 Å². The van der Waals surface area contributed by atoms with Crippen LogP contribution >= 0.6 is 11.3 Å². The predicted molar refractivity (Wildman–Crippen MR) is 75.9 cm³/mol. The summed E-state index contributed by atoms with van der Waals surface area (Å²) in [6, 6.07) is 1.59. The standard InChI is InChI=1S/C14H23N3S/c1-3-12-13(8-15)18-14(16-12)9-6-10-4-5-11(7-9)17(10)2/h9-11H,3-8,15H2,1-2H3. The van der Waals surface area contributed by atoms with E-state index in [4.69, 9.17) is 10.7 Å². The van der Waals surface area contributed by atoms with Gasteiger partial charge in [0.05, 0.1) is 10.7 Å². The first kappa shape index (κ1) is 12.6. The van der Waals surface area contributed by atoms with Gasteiger partial charge in [0.15, 0.2) is 0 Å². The highest BCUT2D eigenvalue weighted by molar-refractivity contribution is 7.11. The zero-order valence-electron chi connectivity index (χ0n) is 11.4. The molecule has 18 heavy (non-hydrogen) atoms. The van der Waals surface area contributed by atoms with Crippen LogP contribution in [0.2, 0.25) is 0 Å². The van der Waals surface area contributed by atoms with E-state index < -0.39 is 0 Å². The molecule has 1 aromatic rings. The van der Waals surface area contributed by atoms with Crippen LogP contribution in [0.1, 0.15) is 54.1 Å². The molecule has 0 amide bonds. The monoisotopic (exact) mass is 265 g/mol. The number of piperidine rings is 1. The van der Waals surface area contributed by atoms with Gasteiger partial charge in [0.25, 0.3) is 0 Å². The smallest absolute Gasteiger partial charge is 0.0963 e. The number of thiazole rings is 1. The van der Waals surface area contributed by atoms with Gasteiger partial charge in [-0.25, -0.2) is 4.98 Å². The third-order valence-corrected chi connectivity index (χ3v) is 6.05. The summed E-state index contributed by atoms with van der Waals surface area (Å²) in [4.78, 5) is 8.76. The quantitative estimate of drug-likeness (QED) is 0.913. The van der Waals surface area contributed by atoms with Crippen molar-refractivity contribution in [3.63, 3.8) is 0 Å². The summed E-state index contributed by atoms with van der Waals surface area (Å²) in [6.07, 6.45) is 6.38. The first-order chi connectivity index (χ1) is 8.72. The van der Waals surface area contributed by atoms with Gasteiger partial charge >= 0.3 is 0 Å². The van der Waals surface area contributed by atoms with E-state index in [1.165, 1.54) is 41.3 Å². The minimum atomic E-state index is 0.653. The molecule has 0 spiro atoms. The molecule has 2 atom stereocenters. The Morgan fingerprint density at radius 2 is 2.00 bits per heavy atom. The van der Waals surface area contributed by atoms with Crippen molar-refractivity contribution in [3.05, 3.63) is 15.6 Å². The summed E-state index contributed by atoms with van der Waals surface area (Å²) < 4.78 is 0. The van der Waals surface area contributed by atoms with E-state index in [0.29, 0.717) is 12.5 Å². The van der Waals surface area contributed by atoms with E-state index in [1.54, 1.807) is 0 Å². The lowest BCUT2D eigenvalue weighted by molar-refractivity contribution is 0.161. The second-order valence-electron chi connectivity index (χ2n) is 5.70. The summed E-state index contributed by atoms with van der Waals surface area (Å²) in [5, 5.41) is 1.36. The topological polar surface area (TPSA) is 42.2 Å². The molecule has 2 N–H and O–H groups in total. The largest absolute Gasteiger partial charge is 0.326 e. The fourth-order valence-corrected chi connectivity index (χ4v) is 4.79. The van der Waals surface area contributed by atoms with Crippen LogP contribution in [-0.4, -0.2) is 29.0 Å². The normalized spacial score (nSPS) is 32.1. The van der Waals surface area contributed by atoms with Crippen LogP contribution in [0, 0.1) is 0 Å². The summed E-state index contributed by atoms with van der Waals surface area (Å²) in [5.41, 5.74) is 7.06. The van der Waals surface area contributed by atoms with Gasteiger partial charge < -0.3 is 10.6 Å². The molecular weight excluding hydrogens is 242 g/mol. The van der Waals surface area contributed by atoms with Crippen molar-refractivity contribution >= 4 is 11.3 Å². The van der Waals surface area contributed by atoms with Gasteiger partial charge in [0.1, 0.15) is 0 Å². The van der Waals surface area contributed by atoms with Crippen LogP contribution in [0.4, 0.5) is 0 Å². The summed E-state index contributed by atoms with van der Waals surface area (Å²) >= 11 is 1.87. The Morgan fingerprint density at radius 3 is 2.50 bits per heavy atom. The second kappa shape index (κ2) is 4.91. The molecule has 3 rings (SSSR count). The zero-order valence-corrected chi connectivity index (χ0v) is 12.2. The Hall–Kier alpha value is -0.450. The number of hydrogen-bond acceptors (Lipinski definition) is 4. The van der Waals surface area contributed by atoms with Crippen LogP contribution in [0.3, 0.4) is 0 Å². The molecule has 0 aromatic carbocycles. The maximum atomic E-state index is 5.82. The first-order valence-corrected chi connectivity index (χ1v) is 7.95. The Morgan fingerprint density at radius 1 is 1.33 bits per heavy atom. The third kappa shape index (κ3) is 2.00. The summed E-state index contributed by atoms with van der Waals surface area (Å²) in [5.74, 6) is 0.689. The Balaban J connectivity index is 1.81. The molecule has 2 bridgehead atoms. The molecule has 3 nitrogen and oxygen atoms in total. The van der Waals surface area contributed by atoms with Gasteiger partial charge in [-0.2, -0.15) is 0 Å². The summed E-state index contributed by atoms with van der Waals surface area (Å²) in [7, 11) is 2.29. The van der Waals surface area contributed by atoms with Crippen molar-refractivity contribution in [1.29, 1.82) is 0 Å². The van der Waals surface area contributed by atoms with Gasteiger partial charge in [0.2, 0.25) is 0 Å². The highest BCUT2D eigenvalue weighted by Gasteiger charge is 2.39. The predicted octanol–water partition coefficient (Wildman–Crippen LogP) is 2.50. The van der Waals surface area contributed by atoms with Crippen molar-refractivity contribution in [1.82, 2.24) is 9.88 Å². The van der Waals surface area contributed by atoms with Crippen molar-refractivity contribution in [2.75, 3.05) is 7.05 Å². The molecule has 0 radical (unpaired) electrons. The Labute approximate surface area is 113 Å². The number of rotatable bonds is 3. The lowest BCUT2D eigenvalue weighted by Gasteiger charge is -2.35. The van der Waals surface area contributed by atoms with Crippen molar-refractivity contribution in [2.45, 2.75) is 63.6 Å². The molecule has 1 aromatic heterocycles. The first-order valence-electron chi connectivity index (χ1n) is 7.13. The van der Waals surface area contributed by atoms with Crippen molar-refractivity contribution in [3.8, 4) is 0 Å². The minimum absolute atomic E-state index is 0.653. The second-order valence-corrected chi connectivity index (χ2v) is 6.81. The number of aryl methyl sites for hydroxylation is 1. The van der Waals surface area contributed by atoms with E-state index in [2.05, 4.69) is 18.9 Å². The van der Waals surface area contributed by atoms with Crippen LogP contribution in [-0.2, 0) is 13.0 Å². The van der Waals surface area contributed by atoms with Crippen LogP contribution < -0.4 is 5.73 Å². The molecule has 2 unspecified atom stereocenters. The fraction of sp³-hybridized carbons (Fsp3) is 0.786. The highest BCUT2D eigenvalue weighted by Crippen LogP contribution is 2.43. The number of fused-ring (bicyclic) bond motifs is 2. The van der Waals surface area contributed by atoms with Crippen molar-refractivity contribution < 1.29 is 0 Å². The van der Waals surface area contributed by atoms with Gasteiger partial charge in [-0.3, -0.25) is 0 Å². The molecule has 0 aliphatic carbocycles. The Bertz CT molecular complexity index is 393. The molecule has 0 saturated carbocycles. The number of nitrogens with zero attached hydrogens (tertiary/aromatic N) is 2. The van der Waals surface area contributed by atoms with Gasteiger partial charge in [-0.1, -0.05) is 6.92 Å². The number of nitrogens with two attached hydrogens (primary N) is 1. The molecular formula is C14H23N3S. The van der Waals surface area contributed by atoms with Gasteiger partial charge in [0, 0.05) is 29.4 Å². The molecule has 4 heteroatoms. The van der Waals surface area contributed by atoms with Crippen molar-refractivity contribution in [2.24, 2.45) is 5.73 Å². The Kier molecular flexibility index (Phi) is 3.43. The molecule has 2 aliphatic heterocycles. The minimum Gasteiger partial charge on any atom is -0.326 e. The average molecular weight is 265 g/mol. The van der Waals surface area contributed by atoms with E-state index in [1.807, 2.05) is 11.3 Å². The molecule has 2 fully saturated rings. The van der Waals surface area contributed by atoms with Crippen LogP contribution in [0.25, 0.3) is 0 Å². The molecule has 2 aliphatic rings. The van der Waals surface area contributed by atoms with Gasteiger partial charge in [-0.15, -0.1) is 11.3 Å². The van der Waals surface area contributed by atoms with Gasteiger partial charge in [-0.05, 0) is 39.2 Å². The van der Waals surface area contributed by atoms with Crippen LogP contribution in [0.15, 0.2) is 0 Å². The fourth-order valence-electron chi connectivity index (χ4n) is 3.63. The number of aromatic nitrogens is 1. The van der Waals surface area contributed by atoms with E-state index in [9.17, 15) is 0 Å².